The summed E-state index contributed by atoms with van der Waals surface area (Å²) in [6.45, 7) is 7.55. The number of aromatic nitrogens is 4. The summed E-state index contributed by atoms with van der Waals surface area (Å²) in [7, 11) is 3.03. The van der Waals surface area contributed by atoms with Crippen molar-refractivity contribution in [3.8, 4) is 0 Å². The van der Waals surface area contributed by atoms with Crippen LogP contribution in [-0.4, -0.2) is 34.2 Å². The van der Waals surface area contributed by atoms with E-state index in [0.717, 1.165) is 23.8 Å². The SMILES string of the molecule is COCc1cc(C)ncc1F.COCc1cc(N)ncc1F.Cc1cc(C)c(F)cn1.Cc1cc(N)ncc1F. The number of anilines is 2. The van der Waals surface area contributed by atoms with Gasteiger partial charge >= 0.3 is 0 Å². The van der Waals surface area contributed by atoms with Crippen molar-refractivity contribution in [3.63, 3.8) is 0 Å². The Labute approximate surface area is 231 Å². The highest BCUT2D eigenvalue weighted by Gasteiger charge is 2.02. The quantitative estimate of drug-likeness (QED) is 0.310. The Morgan fingerprint density at radius 2 is 0.925 bits per heavy atom. The summed E-state index contributed by atoms with van der Waals surface area (Å²) in [6.07, 6.45) is 4.66. The second-order valence-corrected chi connectivity index (χ2v) is 8.42. The van der Waals surface area contributed by atoms with E-state index in [4.69, 9.17) is 20.9 Å². The highest BCUT2D eigenvalue weighted by molar-refractivity contribution is 5.32. The predicted octanol–water partition coefficient (Wildman–Crippen LogP) is 5.57. The van der Waals surface area contributed by atoms with Crippen molar-refractivity contribution in [1.29, 1.82) is 0 Å². The van der Waals surface area contributed by atoms with Gasteiger partial charge in [0.1, 0.15) is 34.9 Å². The lowest BCUT2D eigenvalue weighted by atomic mass is 10.2. The first-order chi connectivity index (χ1) is 18.9. The fourth-order valence-corrected chi connectivity index (χ4v) is 2.87. The largest absolute Gasteiger partial charge is 0.384 e. The number of hydrogen-bond acceptors (Lipinski definition) is 8. The zero-order valence-electron chi connectivity index (χ0n) is 23.3. The summed E-state index contributed by atoms with van der Waals surface area (Å²) in [5, 5.41) is 0. The van der Waals surface area contributed by atoms with Gasteiger partial charge in [0.05, 0.1) is 38.0 Å². The molecule has 4 heterocycles. The van der Waals surface area contributed by atoms with Crippen LogP contribution in [0.25, 0.3) is 0 Å². The fraction of sp³-hybridized carbons (Fsp3) is 0.286. The number of nitrogens with zero attached hydrogens (tertiary/aromatic N) is 4. The molecule has 0 unspecified atom stereocenters. The minimum Gasteiger partial charge on any atom is -0.384 e. The zero-order chi connectivity index (χ0) is 30.2. The molecule has 4 rings (SSSR count). The number of pyridine rings is 4. The summed E-state index contributed by atoms with van der Waals surface area (Å²) in [6, 6.07) is 6.35. The molecule has 0 amide bonds. The molecule has 0 bridgehead atoms. The summed E-state index contributed by atoms with van der Waals surface area (Å²) in [5.74, 6) is -0.587. The normalized spacial score (nSPS) is 9.85. The first-order valence-corrected chi connectivity index (χ1v) is 11.8. The van der Waals surface area contributed by atoms with E-state index in [1.807, 2.05) is 13.8 Å². The van der Waals surface area contributed by atoms with Gasteiger partial charge in [-0.15, -0.1) is 0 Å². The van der Waals surface area contributed by atoms with Crippen LogP contribution in [0.15, 0.2) is 49.1 Å². The molecule has 0 atom stereocenters. The number of ether oxygens (including phenoxy) is 2. The molecule has 0 radical (unpaired) electrons. The number of aryl methyl sites for hydroxylation is 4. The second kappa shape index (κ2) is 17.4. The topological polar surface area (TPSA) is 122 Å². The van der Waals surface area contributed by atoms with Gasteiger partial charge in [-0.2, -0.15) is 0 Å². The summed E-state index contributed by atoms with van der Waals surface area (Å²) in [4.78, 5) is 14.7. The number of nitrogens with two attached hydrogens (primary N) is 2. The molecule has 216 valence electrons. The van der Waals surface area contributed by atoms with E-state index >= 15 is 0 Å². The molecule has 8 nitrogen and oxygen atoms in total. The molecule has 0 fully saturated rings. The molecule has 0 aliphatic heterocycles. The average Bonchev–Trinajstić information content (AvgIpc) is 2.90. The maximum Gasteiger partial charge on any atom is 0.147 e. The van der Waals surface area contributed by atoms with Crippen molar-refractivity contribution in [2.24, 2.45) is 0 Å². The number of nitrogen functional groups attached to an aromatic ring is 2. The van der Waals surface area contributed by atoms with Crippen molar-refractivity contribution < 1.29 is 27.0 Å². The third-order valence-electron chi connectivity index (χ3n) is 4.88. The van der Waals surface area contributed by atoms with Crippen LogP contribution in [0.3, 0.4) is 0 Å². The van der Waals surface area contributed by atoms with Crippen molar-refractivity contribution in [3.05, 3.63) is 106 Å². The van der Waals surface area contributed by atoms with Crippen LogP contribution in [0.1, 0.15) is 33.6 Å². The standard InChI is InChI=1S/C8H10FNO.C7H9FN2O.C7H8FN.C6H7FN2/c1-6-3-7(5-11-2)8(9)4-10-6;1-11-4-5-2-7(9)10-3-6(5)8;1-5-3-6(2)9-4-7(5)8;1-4-2-6(8)9-3-5(4)7/h3-4H,5H2,1-2H3;2-3H,4H2,1H3,(H2,9,10);3-4H,1-2H3;2-3H,1H3,(H2,8,9). The Morgan fingerprint density at radius 1 is 0.550 bits per heavy atom. The van der Waals surface area contributed by atoms with Gasteiger partial charge in [-0.05, 0) is 63.1 Å². The number of rotatable bonds is 4. The molecular formula is C28H34F4N6O2. The van der Waals surface area contributed by atoms with Crippen LogP contribution >= 0.6 is 0 Å². The van der Waals surface area contributed by atoms with Crippen LogP contribution in [-0.2, 0) is 22.7 Å². The summed E-state index contributed by atoms with van der Waals surface area (Å²) in [5.41, 5.74) is 14.4. The smallest absolute Gasteiger partial charge is 0.147 e. The highest BCUT2D eigenvalue weighted by atomic mass is 19.1. The monoisotopic (exact) mass is 562 g/mol. The molecular weight excluding hydrogens is 528 g/mol. The second-order valence-electron chi connectivity index (χ2n) is 8.42. The fourth-order valence-electron chi connectivity index (χ4n) is 2.87. The number of halogens is 4. The zero-order valence-corrected chi connectivity index (χ0v) is 23.3. The van der Waals surface area contributed by atoms with E-state index in [9.17, 15) is 17.6 Å². The molecule has 0 aromatic carbocycles. The molecule has 0 spiro atoms. The molecule has 0 aliphatic carbocycles. The van der Waals surface area contributed by atoms with Gasteiger partial charge in [0, 0.05) is 36.7 Å². The van der Waals surface area contributed by atoms with Gasteiger partial charge in [0.2, 0.25) is 0 Å². The Bertz CT molecular complexity index is 1260. The molecule has 4 aromatic heterocycles. The van der Waals surface area contributed by atoms with Crippen LogP contribution in [0.5, 0.6) is 0 Å². The molecule has 12 heteroatoms. The maximum atomic E-state index is 12.8. The summed E-state index contributed by atoms with van der Waals surface area (Å²) < 4.78 is 59.9. The van der Waals surface area contributed by atoms with Crippen LogP contribution in [0, 0.1) is 51.0 Å². The average molecular weight is 563 g/mol. The van der Waals surface area contributed by atoms with Gasteiger partial charge in [-0.1, -0.05) is 0 Å². The molecule has 0 saturated carbocycles. The van der Waals surface area contributed by atoms with E-state index in [0.29, 0.717) is 40.5 Å². The first-order valence-electron chi connectivity index (χ1n) is 11.8. The lowest BCUT2D eigenvalue weighted by molar-refractivity contribution is 0.181. The Morgan fingerprint density at radius 3 is 1.35 bits per heavy atom. The summed E-state index contributed by atoms with van der Waals surface area (Å²) >= 11 is 0. The highest BCUT2D eigenvalue weighted by Crippen LogP contribution is 2.10. The molecule has 4 aromatic rings. The van der Waals surface area contributed by atoms with Gasteiger partial charge in [0.25, 0.3) is 0 Å². The van der Waals surface area contributed by atoms with Crippen molar-refractivity contribution in [2.45, 2.75) is 40.9 Å². The number of hydrogen-bond donors (Lipinski definition) is 2. The van der Waals surface area contributed by atoms with Crippen LogP contribution in [0.4, 0.5) is 29.2 Å². The lowest BCUT2D eigenvalue weighted by Crippen LogP contribution is -1.97. The van der Waals surface area contributed by atoms with Gasteiger partial charge in [-0.3, -0.25) is 9.97 Å². The minimum atomic E-state index is -0.388. The third kappa shape index (κ3) is 12.6. The minimum absolute atomic E-state index is 0.221. The Balaban J connectivity index is 0.000000268. The van der Waals surface area contributed by atoms with Crippen molar-refractivity contribution in [2.75, 3.05) is 25.7 Å². The molecule has 40 heavy (non-hydrogen) atoms. The van der Waals surface area contributed by atoms with E-state index in [1.165, 1.54) is 38.7 Å². The Kier molecular flexibility index (Phi) is 14.8. The molecule has 4 N–H and O–H groups in total. The van der Waals surface area contributed by atoms with Crippen LogP contribution in [0.2, 0.25) is 0 Å². The third-order valence-corrected chi connectivity index (χ3v) is 4.88. The van der Waals surface area contributed by atoms with Crippen LogP contribution < -0.4 is 11.5 Å². The predicted molar refractivity (Wildman–Crippen MR) is 146 cm³/mol. The van der Waals surface area contributed by atoms with E-state index in [-0.39, 0.29) is 29.9 Å². The van der Waals surface area contributed by atoms with Crippen molar-refractivity contribution in [1.82, 2.24) is 19.9 Å². The van der Waals surface area contributed by atoms with E-state index < -0.39 is 0 Å². The van der Waals surface area contributed by atoms with E-state index in [2.05, 4.69) is 19.9 Å². The number of methoxy groups -OCH3 is 2. The van der Waals surface area contributed by atoms with Gasteiger partial charge < -0.3 is 20.9 Å². The molecule has 0 aliphatic rings. The van der Waals surface area contributed by atoms with Gasteiger partial charge in [0.15, 0.2) is 0 Å². The maximum absolute atomic E-state index is 12.8. The first kappa shape index (κ1) is 33.9. The lowest BCUT2D eigenvalue weighted by Gasteiger charge is -2.01. The Hall–Kier alpha value is -4.16. The van der Waals surface area contributed by atoms with Crippen molar-refractivity contribution >= 4 is 11.6 Å². The van der Waals surface area contributed by atoms with E-state index in [1.54, 1.807) is 26.0 Å². The molecule has 0 saturated heterocycles. The van der Waals surface area contributed by atoms with Gasteiger partial charge in [-0.25, -0.2) is 27.5 Å².